The minimum atomic E-state index is -0.189. The van der Waals surface area contributed by atoms with Gasteiger partial charge in [-0.3, -0.25) is 9.59 Å². The highest BCUT2D eigenvalue weighted by atomic mass is 16.2. The summed E-state index contributed by atoms with van der Waals surface area (Å²) in [5.74, 6) is 0.232. The molecular weight excluding hydrogens is 320 g/mol. The molecule has 1 aliphatic rings. The lowest BCUT2D eigenvalue weighted by atomic mass is 10.1. The van der Waals surface area contributed by atoms with E-state index in [1.165, 1.54) is 4.90 Å². The zero-order valence-corrected chi connectivity index (χ0v) is 15.3. The van der Waals surface area contributed by atoms with Crippen molar-refractivity contribution in [2.75, 3.05) is 41.3 Å². The minimum absolute atomic E-state index is 0.0692. The molecule has 1 saturated heterocycles. The summed E-state index contributed by atoms with van der Waals surface area (Å²) in [7, 11) is 6.92. The van der Waals surface area contributed by atoms with Crippen LogP contribution in [0.5, 0.6) is 0 Å². The summed E-state index contributed by atoms with van der Waals surface area (Å²) < 4.78 is 0. The Morgan fingerprint density at radius 3 is 2.60 bits per heavy atom. The van der Waals surface area contributed by atoms with Crippen molar-refractivity contribution < 1.29 is 14.4 Å². The molecule has 1 heterocycles. The highest BCUT2D eigenvalue weighted by Crippen LogP contribution is 2.16. The van der Waals surface area contributed by atoms with Crippen molar-refractivity contribution in [1.29, 1.82) is 0 Å². The van der Waals surface area contributed by atoms with E-state index in [9.17, 15) is 14.4 Å². The third-order valence-corrected chi connectivity index (χ3v) is 4.32. The van der Waals surface area contributed by atoms with E-state index in [1.807, 2.05) is 12.1 Å². The van der Waals surface area contributed by atoms with Crippen molar-refractivity contribution in [3.63, 3.8) is 0 Å². The van der Waals surface area contributed by atoms with E-state index >= 15 is 0 Å². The lowest BCUT2D eigenvalue weighted by Crippen LogP contribution is -2.40. The number of benzene rings is 1. The number of urea groups is 1. The number of hydrogen-bond acceptors (Lipinski definition) is 3. The molecule has 136 valence electrons. The Bertz CT molecular complexity index is 659. The van der Waals surface area contributed by atoms with Crippen molar-refractivity contribution in [2.45, 2.75) is 13.0 Å². The fourth-order valence-electron chi connectivity index (χ4n) is 2.93. The van der Waals surface area contributed by atoms with Gasteiger partial charge < -0.3 is 20.0 Å². The van der Waals surface area contributed by atoms with Crippen LogP contribution in [0.15, 0.2) is 24.3 Å². The minimum Gasteiger partial charge on any atom is -0.345 e. The van der Waals surface area contributed by atoms with E-state index in [0.717, 1.165) is 5.56 Å². The second-order valence-corrected chi connectivity index (χ2v) is 6.78. The lowest BCUT2D eigenvalue weighted by molar-refractivity contribution is -0.126. The number of hydrogen-bond donors (Lipinski definition) is 1. The van der Waals surface area contributed by atoms with E-state index in [-0.39, 0.29) is 23.8 Å². The molecule has 0 radical (unpaired) electrons. The summed E-state index contributed by atoms with van der Waals surface area (Å²) in [5.41, 5.74) is 1.46. The number of carbonyl (C=O) groups is 3. The summed E-state index contributed by atoms with van der Waals surface area (Å²) in [6.07, 6.45) is 0.489. The molecule has 1 N–H and O–H groups in total. The fourth-order valence-corrected chi connectivity index (χ4v) is 2.93. The van der Waals surface area contributed by atoms with E-state index < -0.39 is 0 Å². The average Bonchev–Trinajstić information content (AvgIpc) is 2.89. The van der Waals surface area contributed by atoms with Gasteiger partial charge in [0.1, 0.15) is 0 Å². The summed E-state index contributed by atoms with van der Waals surface area (Å²) in [6, 6.07) is 7.03. The monoisotopic (exact) mass is 346 g/mol. The van der Waals surface area contributed by atoms with Crippen LogP contribution in [0.4, 0.5) is 4.79 Å². The third-order valence-electron chi connectivity index (χ3n) is 4.32. The first-order chi connectivity index (χ1) is 11.8. The number of rotatable bonds is 5. The Labute approximate surface area is 148 Å². The van der Waals surface area contributed by atoms with Gasteiger partial charge in [0.15, 0.2) is 0 Å². The number of nitrogens with zero attached hydrogens (tertiary/aromatic N) is 3. The molecule has 25 heavy (non-hydrogen) atoms. The smallest absolute Gasteiger partial charge is 0.317 e. The van der Waals surface area contributed by atoms with Gasteiger partial charge in [-0.25, -0.2) is 4.79 Å². The highest BCUT2D eigenvalue weighted by Gasteiger charge is 2.28. The van der Waals surface area contributed by atoms with Crippen molar-refractivity contribution in [1.82, 2.24) is 20.0 Å². The van der Waals surface area contributed by atoms with Gasteiger partial charge >= 0.3 is 6.03 Å². The predicted molar refractivity (Wildman–Crippen MR) is 95.1 cm³/mol. The van der Waals surface area contributed by atoms with E-state index in [0.29, 0.717) is 31.6 Å². The molecule has 1 fully saturated rings. The first-order valence-electron chi connectivity index (χ1n) is 8.31. The maximum absolute atomic E-state index is 12.2. The van der Waals surface area contributed by atoms with Crippen molar-refractivity contribution in [2.24, 2.45) is 5.92 Å². The average molecular weight is 346 g/mol. The van der Waals surface area contributed by atoms with Gasteiger partial charge in [0.2, 0.25) is 5.91 Å². The standard InChI is InChI=1S/C18H26N4O3/c1-20(2)17(24)15-7-5-6-13(8-15)10-19-18(25)22(4)12-14-9-16(23)21(3)11-14/h5-8,14H,9-12H2,1-4H3,(H,19,25). The van der Waals surface area contributed by atoms with Gasteiger partial charge in [-0.05, 0) is 17.7 Å². The molecule has 1 atom stereocenters. The lowest BCUT2D eigenvalue weighted by Gasteiger charge is -2.21. The zero-order valence-electron chi connectivity index (χ0n) is 15.3. The second-order valence-electron chi connectivity index (χ2n) is 6.78. The SMILES string of the molecule is CN(C)C(=O)c1cccc(CNC(=O)N(C)CC2CC(=O)N(C)C2)c1. The summed E-state index contributed by atoms with van der Waals surface area (Å²) in [6.45, 7) is 1.58. The van der Waals surface area contributed by atoms with Gasteiger partial charge in [0.05, 0.1) is 0 Å². The quantitative estimate of drug-likeness (QED) is 0.865. The number of amides is 4. The van der Waals surface area contributed by atoms with Gasteiger partial charge in [0, 0.05) is 65.7 Å². The first kappa shape index (κ1) is 18.8. The largest absolute Gasteiger partial charge is 0.345 e. The fraction of sp³-hybridized carbons (Fsp3) is 0.500. The van der Waals surface area contributed by atoms with Crippen LogP contribution in [0.1, 0.15) is 22.3 Å². The normalized spacial score (nSPS) is 16.7. The van der Waals surface area contributed by atoms with Crippen LogP contribution in [-0.2, 0) is 11.3 Å². The van der Waals surface area contributed by atoms with Gasteiger partial charge in [0.25, 0.3) is 5.91 Å². The molecule has 7 nitrogen and oxygen atoms in total. The Balaban J connectivity index is 1.86. The second kappa shape index (κ2) is 8.00. The van der Waals surface area contributed by atoms with Crippen LogP contribution < -0.4 is 5.32 Å². The molecule has 1 aromatic carbocycles. The Morgan fingerprint density at radius 1 is 1.28 bits per heavy atom. The molecule has 4 amide bonds. The first-order valence-corrected chi connectivity index (χ1v) is 8.31. The summed E-state index contributed by atoms with van der Waals surface area (Å²) >= 11 is 0. The summed E-state index contributed by atoms with van der Waals surface area (Å²) in [5, 5.41) is 2.85. The van der Waals surface area contributed by atoms with Crippen LogP contribution in [0.25, 0.3) is 0 Å². The molecular formula is C18H26N4O3. The molecule has 1 unspecified atom stereocenters. The summed E-state index contributed by atoms with van der Waals surface area (Å²) in [4.78, 5) is 40.6. The van der Waals surface area contributed by atoms with Gasteiger partial charge in [-0.1, -0.05) is 12.1 Å². The van der Waals surface area contributed by atoms with Crippen LogP contribution in [0.3, 0.4) is 0 Å². The number of likely N-dealkylation sites (tertiary alicyclic amines) is 1. The predicted octanol–water partition coefficient (Wildman–Crippen LogP) is 1.01. The van der Waals surface area contributed by atoms with Crippen LogP contribution in [-0.4, -0.2) is 73.8 Å². The molecule has 2 rings (SSSR count). The van der Waals surface area contributed by atoms with Crippen LogP contribution in [0, 0.1) is 5.92 Å². The molecule has 1 aromatic rings. The van der Waals surface area contributed by atoms with E-state index in [4.69, 9.17) is 0 Å². The topological polar surface area (TPSA) is 73.0 Å². The van der Waals surface area contributed by atoms with Crippen LogP contribution in [0.2, 0.25) is 0 Å². The van der Waals surface area contributed by atoms with E-state index in [1.54, 1.807) is 50.1 Å². The highest BCUT2D eigenvalue weighted by molar-refractivity contribution is 5.94. The Morgan fingerprint density at radius 2 is 2.00 bits per heavy atom. The molecule has 0 spiro atoms. The Kier molecular flexibility index (Phi) is 6.01. The molecule has 7 heteroatoms. The molecule has 0 saturated carbocycles. The number of nitrogens with one attached hydrogen (secondary N) is 1. The third kappa shape index (κ3) is 4.95. The maximum atomic E-state index is 12.2. The molecule has 0 bridgehead atoms. The molecule has 1 aliphatic heterocycles. The van der Waals surface area contributed by atoms with Gasteiger partial charge in [-0.15, -0.1) is 0 Å². The van der Waals surface area contributed by atoms with Crippen LogP contribution >= 0.6 is 0 Å². The zero-order chi connectivity index (χ0) is 18.6. The maximum Gasteiger partial charge on any atom is 0.317 e. The van der Waals surface area contributed by atoms with E-state index in [2.05, 4.69) is 5.32 Å². The molecule has 0 aromatic heterocycles. The van der Waals surface area contributed by atoms with Crippen molar-refractivity contribution in [3.05, 3.63) is 35.4 Å². The van der Waals surface area contributed by atoms with Crippen molar-refractivity contribution in [3.8, 4) is 0 Å². The van der Waals surface area contributed by atoms with Gasteiger partial charge in [-0.2, -0.15) is 0 Å². The van der Waals surface area contributed by atoms with Crippen molar-refractivity contribution >= 4 is 17.8 Å². The molecule has 0 aliphatic carbocycles. The Hall–Kier alpha value is -2.57. The number of carbonyl (C=O) groups excluding carboxylic acids is 3.